The molecule has 6 heteroatoms. The molecule has 0 bridgehead atoms. The van der Waals surface area contributed by atoms with Crippen molar-refractivity contribution in [2.75, 3.05) is 18.0 Å². The van der Waals surface area contributed by atoms with E-state index in [0.29, 0.717) is 0 Å². The van der Waals surface area contributed by atoms with Crippen LogP contribution in [0.25, 0.3) is 0 Å². The zero-order chi connectivity index (χ0) is 14.9. The molecule has 0 radical (unpaired) electrons. The normalized spacial score (nSPS) is 19.4. The minimum absolute atomic E-state index is 0.00500. The Hall–Kier alpha value is -2.37. The van der Waals surface area contributed by atoms with Gasteiger partial charge < -0.3 is 10.0 Å². The number of rotatable bonds is 3. The van der Waals surface area contributed by atoms with Crippen LogP contribution in [0.2, 0.25) is 0 Å². The number of nitrogens with zero attached hydrogens (tertiary/aromatic N) is 2. The highest BCUT2D eigenvalue weighted by Gasteiger charge is 2.38. The Kier molecular flexibility index (Phi) is 3.74. The Morgan fingerprint density at radius 2 is 2.00 bits per heavy atom. The number of aryl methyl sites for hydroxylation is 1. The highest BCUT2D eigenvalue weighted by atomic mass is 16.4. The molecule has 1 unspecified atom stereocenters. The molecule has 20 heavy (non-hydrogen) atoms. The van der Waals surface area contributed by atoms with Crippen molar-refractivity contribution >= 4 is 23.5 Å². The SMILES string of the molecule is Cc1ccccc1N1CC(=O)N(CC(=O)O)C(=O)C1C. The van der Waals surface area contributed by atoms with Gasteiger partial charge in [-0.25, -0.2) is 0 Å². The first-order chi connectivity index (χ1) is 9.41. The lowest BCUT2D eigenvalue weighted by atomic mass is 10.1. The Labute approximate surface area is 116 Å². The lowest BCUT2D eigenvalue weighted by molar-refractivity contribution is -0.154. The van der Waals surface area contributed by atoms with Crippen molar-refractivity contribution in [1.29, 1.82) is 0 Å². The summed E-state index contributed by atoms with van der Waals surface area (Å²) in [6.07, 6.45) is 0. The molecule has 1 atom stereocenters. The average molecular weight is 276 g/mol. The molecular weight excluding hydrogens is 260 g/mol. The molecule has 1 N–H and O–H groups in total. The van der Waals surface area contributed by atoms with Crippen LogP contribution in [0.5, 0.6) is 0 Å². The zero-order valence-electron chi connectivity index (χ0n) is 11.4. The van der Waals surface area contributed by atoms with Gasteiger partial charge in [0.1, 0.15) is 12.6 Å². The molecule has 2 rings (SSSR count). The maximum absolute atomic E-state index is 12.2. The van der Waals surface area contributed by atoms with Crippen LogP contribution in [-0.2, 0) is 14.4 Å². The number of hydrogen-bond acceptors (Lipinski definition) is 4. The second-order valence-corrected chi connectivity index (χ2v) is 4.80. The molecule has 1 aliphatic heterocycles. The third-order valence-corrected chi connectivity index (χ3v) is 3.42. The highest BCUT2D eigenvalue weighted by molar-refractivity contribution is 6.06. The molecule has 2 amide bonds. The maximum atomic E-state index is 12.2. The number of imide groups is 1. The van der Waals surface area contributed by atoms with Crippen molar-refractivity contribution in [2.45, 2.75) is 19.9 Å². The third kappa shape index (κ3) is 2.49. The fourth-order valence-corrected chi connectivity index (χ4v) is 2.33. The Balaban J connectivity index is 2.29. The molecule has 1 aromatic rings. The van der Waals surface area contributed by atoms with E-state index in [-0.39, 0.29) is 6.54 Å². The number of carboxylic acid groups (broad SMARTS) is 1. The van der Waals surface area contributed by atoms with Crippen LogP contribution in [0.3, 0.4) is 0 Å². The minimum atomic E-state index is -1.19. The number of benzene rings is 1. The van der Waals surface area contributed by atoms with E-state index in [0.717, 1.165) is 16.2 Å². The first-order valence-corrected chi connectivity index (χ1v) is 6.30. The smallest absolute Gasteiger partial charge is 0.323 e. The molecule has 0 aliphatic carbocycles. The number of para-hydroxylation sites is 1. The van der Waals surface area contributed by atoms with Gasteiger partial charge in [-0.2, -0.15) is 0 Å². The van der Waals surface area contributed by atoms with Gasteiger partial charge in [-0.3, -0.25) is 19.3 Å². The van der Waals surface area contributed by atoms with Gasteiger partial charge in [-0.1, -0.05) is 18.2 Å². The Bertz CT molecular complexity index is 570. The van der Waals surface area contributed by atoms with Crippen LogP contribution in [-0.4, -0.2) is 46.9 Å². The van der Waals surface area contributed by atoms with E-state index in [2.05, 4.69) is 0 Å². The van der Waals surface area contributed by atoms with Crippen LogP contribution < -0.4 is 4.90 Å². The van der Waals surface area contributed by atoms with Gasteiger partial charge >= 0.3 is 5.97 Å². The summed E-state index contributed by atoms with van der Waals surface area (Å²) in [5, 5.41) is 8.75. The van der Waals surface area contributed by atoms with Gasteiger partial charge in [0, 0.05) is 5.69 Å². The number of piperazine rings is 1. The van der Waals surface area contributed by atoms with Crippen LogP contribution >= 0.6 is 0 Å². The summed E-state index contributed by atoms with van der Waals surface area (Å²) in [4.78, 5) is 37.4. The third-order valence-electron chi connectivity index (χ3n) is 3.42. The summed E-state index contributed by atoms with van der Waals surface area (Å²) in [7, 11) is 0. The van der Waals surface area contributed by atoms with Crippen LogP contribution in [0.4, 0.5) is 5.69 Å². The first kappa shape index (κ1) is 14.0. The summed E-state index contributed by atoms with van der Waals surface area (Å²) in [5.41, 5.74) is 1.78. The number of anilines is 1. The largest absolute Gasteiger partial charge is 0.480 e. The second kappa shape index (κ2) is 5.32. The standard InChI is InChI=1S/C14H16N2O4/c1-9-5-3-4-6-11(9)15-7-12(17)16(8-13(18)19)14(20)10(15)2/h3-6,10H,7-8H2,1-2H3,(H,18,19). The van der Waals surface area contributed by atoms with Crippen LogP contribution in [0.15, 0.2) is 24.3 Å². The van der Waals surface area contributed by atoms with Crippen molar-refractivity contribution in [3.63, 3.8) is 0 Å². The first-order valence-electron chi connectivity index (χ1n) is 6.30. The number of hydrogen-bond donors (Lipinski definition) is 1. The van der Waals surface area contributed by atoms with E-state index in [1.807, 2.05) is 31.2 Å². The molecule has 106 valence electrons. The monoisotopic (exact) mass is 276 g/mol. The fraction of sp³-hybridized carbons (Fsp3) is 0.357. The van der Waals surface area contributed by atoms with Gasteiger partial charge in [0.15, 0.2) is 0 Å². The van der Waals surface area contributed by atoms with Gasteiger partial charge in [-0.05, 0) is 25.5 Å². The van der Waals surface area contributed by atoms with Crippen molar-refractivity contribution in [2.24, 2.45) is 0 Å². The molecule has 0 spiro atoms. The van der Waals surface area contributed by atoms with Gasteiger partial charge in [0.25, 0.3) is 5.91 Å². The van der Waals surface area contributed by atoms with Crippen molar-refractivity contribution in [3.8, 4) is 0 Å². The zero-order valence-corrected chi connectivity index (χ0v) is 11.4. The number of carboxylic acids is 1. The predicted molar refractivity (Wildman–Crippen MR) is 72.3 cm³/mol. The van der Waals surface area contributed by atoms with E-state index in [4.69, 9.17) is 5.11 Å². The van der Waals surface area contributed by atoms with Crippen molar-refractivity contribution in [3.05, 3.63) is 29.8 Å². The summed E-state index contributed by atoms with van der Waals surface area (Å²) < 4.78 is 0. The van der Waals surface area contributed by atoms with E-state index in [1.165, 1.54) is 0 Å². The van der Waals surface area contributed by atoms with Crippen LogP contribution in [0, 0.1) is 6.92 Å². The molecular formula is C14H16N2O4. The fourth-order valence-electron chi connectivity index (χ4n) is 2.33. The van der Waals surface area contributed by atoms with E-state index in [1.54, 1.807) is 11.8 Å². The molecule has 6 nitrogen and oxygen atoms in total. The van der Waals surface area contributed by atoms with Gasteiger partial charge in [-0.15, -0.1) is 0 Å². The molecule has 0 saturated carbocycles. The summed E-state index contributed by atoms with van der Waals surface area (Å²) in [6, 6.07) is 6.91. The Morgan fingerprint density at radius 3 is 2.60 bits per heavy atom. The van der Waals surface area contributed by atoms with Crippen molar-refractivity contribution in [1.82, 2.24) is 4.90 Å². The molecule has 1 fully saturated rings. The van der Waals surface area contributed by atoms with E-state index in [9.17, 15) is 14.4 Å². The summed E-state index contributed by atoms with van der Waals surface area (Å²) in [5.74, 6) is -2.16. The minimum Gasteiger partial charge on any atom is -0.480 e. The molecule has 0 aromatic heterocycles. The number of carbonyl (C=O) groups excluding carboxylic acids is 2. The molecule has 1 saturated heterocycles. The summed E-state index contributed by atoms with van der Waals surface area (Å²) >= 11 is 0. The highest BCUT2D eigenvalue weighted by Crippen LogP contribution is 2.25. The predicted octanol–water partition coefficient (Wildman–Crippen LogP) is 0.643. The lowest BCUT2D eigenvalue weighted by Gasteiger charge is -2.39. The average Bonchev–Trinajstić information content (AvgIpc) is 2.39. The maximum Gasteiger partial charge on any atom is 0.323 e. The van der Waals surface area contributed by atoms with Gasteiger partial charge in [0.2, 0.25) is 5.91 Å². The molecule has 1 aliphatic rings. The topological polar surface area (TPSA) is 77.9 Å². The lowest BCUT2D eigenvalue weighted by Crippen LogP contribution is -2.60. The number of amides is 2. The number of carbonyl (C=O) groups is 3. The molecule has 1 aromatic carbocycles. The van der Waals surface area contributed by atoms with E-state index < -0.39 is 30.4 Å². The quantitative estimate of drug-likeness (QED) is 0.820. The number of aliphatic carboxylic acids is 1. The summed E-state index contributed by atoms with van der Waals surface area (Å²) in [6.45, 7) is 3.01. The Morgan fingerprint density at radius 1 is 1.35 bits per heavy atom. The van der Waals surface area contributed by atoms with E-state index >= 15 is 0 Å². The molecule has 1 heterocycles. The second-order valence-electron chi connectivity index (χ2n) is 4.80. The van der Waals surface area contributed by atoms with Crippen LogP contribution in [0.1, 0.15) is 12.5 Å². The van der Waals surface area contributed by atoms with Gasteiger partial charge in [0.05, 0.1) is 6.54 Å². The van der Waals surface area contributed by atoms with Crippen molar-refractivity contribution < 1.29 is 19.5 Å².